The van der Waals surface area contributed by atoms with Crippen molar-refractivity contribution >= 4 is 27.7 Å². The molecule has 0 bridgehead atoms. The summed E-state index contributed by atoms with van der Waals surface area (Å²) in [4.78, 5) is 2.56. The maximum absolute atomic E-state index is 12.7. The van der Waals surface area contributed by atoms with Crippen LogP contribution in [0.3, 0.4) is 0 Å². The van der Waals surface area contributed by atoms with E-state index in [1.807, 2.05) is 18.2 Å². The van der Waals surface area contributed by atoms with E-state index in [2.05, 4.69) is 29.2 Å². The molecule has 0 radical (unpaired) electrons. The smallest absolute Gasteiger partial charge is 0.243 e. The van der Waals surface area contributed by atoms with Gasteiger partial charge >= 0.3 is 0 Å². The van der Waals surface area contributed by atoms with Crippen molar-refractivity contribution in [1.29, 1.82) is 0 Å². The first kappa shape index (κ1) is 18.1. The van der Waals surface area contributed by atoms with E-state index in [1.165, 1.54) is 5.56 Å². The minimum Gasteiger partial charge on any atom is -0.297 e. The highest BCUT2D eigenvalue weighted by Crippen LogP contribution is 2.19. The second kappa shape index (κ2) is 8.15. The van der Waals surface area contributed by atoms with Gasteiger partial charge in [-0.1, -0.05) is 54.1 Å². The van der Waals surface area contributed by atoms with Crippen molar-refractivity contribution in [2.75, 3.05) is 32.7 Å². The molecule has 0 saturated carbocycles. The number of nitrogens with zero attached hydrogens (tertiary/aromatic N) is 2. The largest absolute Gasteiger partial charge is 0.297 e. The fourth-order valence-corrected chi connectivity index (χ4v) is 4.36. The molecule has 2 aromatic carbocycles. The van der Waals surface area contributed by atoms with E-state index in [0.717, 1.165) is 19.6 Å². The highest BCUT2D eigenvalue weighted by Gasteiger charge is 2.27. The van der Waals surface area contributed by atoms with Gasteiger partial charge in [0.2, 0.25) is 10.0 Å². The Morgan fingerprint density at radius 3 is 2.20 bits per heavy atom. The summed E-state index contributed by atoms with van der Waals surface area (Å²) in [5, 5.41) is 0.536. The maximum atomic E-state index is 12.7. The molecule has 2 aromatic rings. The van der Waals surface area contributed by atoms with E-state index < -0.39 is 10.0 Å². The number of benzene rings is 2. The second-order valence-corrected chi connectivity index (χ2v) is 8.35. The Morgan fingerprint density at radius 2 is 1.56 bits per heavy atom. The number of piperazine rings is 1. The van der Waals surface area contributed by atoms with Gasteiger partial charge in [0.05, 0.1) is 4.90 Å². The SMILES string of the molecule is O=S(=O)(c1ccc(Cl)cc1)N1CCN(C/C=C\c2ccccc2)CC1. The zero-order valence-corrected chi connectivity index (χ0v) is 15.5. The number of hydrogen-bond acceptors (Lipinski definition) is 3. The van der Waals surface area contributed by atoms with Gasteiger partial charge in [0.15, 0.2) is 0 Å². The predicted octanol–water partition coefficient (Wildman–Crippen LogP) is 3.36. The lowest BCUT2D eigenvalue weighted by Crippen LogP contribution is -2.48. The quantitative estimate of drug-likeness (QED) is 0.803. The summed E-state index contributed by atoms with van der Waals surface area (Å²) >= 11 is 5.84. The molecule has 1 aliphatic rings. The molecule has 6 heteroatoms. The van der Waals surface area contributed by atoms with Gasteiger partial charge < -0.3 is 0 Å². The molecule has 0 unspecified atom stereocenters. The normalized spacial score (nSPS) is 17.2. The summed E-state index contributed by atoms with van der Waals surface area (Å²) in [5.74, 6) is 0. The van der Waals surface area contributed by atoms with Crippen molar-refractivity contribution in [3.63, 3.8) is 0 Å². The number of hydrogen-bond donors (Lipinski definition) is 0. The van der Waals surface area contributed by atoms with Crippen LogP contribution in [0.4, 0.5) is 0 Å². The van der Waals surface area contributed by atoms with E-state index >= 15 is 0 Å². The molecule has 0 N–H and O–H groups in total. The van der Waals surface area contributed by atoms with Crippen molar-refractivity contribution in [2.24, 2.45) is 0 Å². The van der Waals surface area contributed by atoms with Crippen LogP contribution in [-0.4, -0.2) is 50.3 Å². The first-order chi connectivity index (χ1) is 12.1. The number of rotatable bonds is 5. The molecule has 0 atom stereocenters. The fraction of sp³-hybridized carbons (Fsp3) is 0.263. The van der Waals surface area contributed by atoms with Gasteiger partial charge in [-0.2, -0.15) is 4.31 Å². The third-order valence-corrected chi connectivity index (χ3v) is 6.42. The molecule has 1 saturated heterocycles. The molecule has 1 aliphatic heterocycles. The highest BCUT2D eigenvalue weighted by atomic mass is 35.5. The van der Waals surface area contributed by atoms with E-state index in [9.17, 15) is 8.42 Å². The fourth-order valence-electron chi connectivity index (χ4n) is 2.81. The lowest BCUT2D eigenvalue weighted by atomic mass is 10.2. The van der Waals surface area contributed by atoms with Crippen LogP contribution in [0.25, 0.3) is 6.08 Å². The van der Waals surface area contributed by atoms with E-state index in [4.69, 9.17) is 11.6 Å². The van der Waals surface area contributed by atoms with E-state index in [0.29, 0.717) is 23.0 Å². The molecule has 1 fully saturated rings. The zero-order chi connectivity index (χ0) is 17.7. The Labute approximate surface area is 154 Å². The van der Waals surface area contributed by atoms with Gasteiger partial charge in [-0.05, 0) is 29.8 Å². The summed E-state index contributed by atoms with van der Waals surface area (Å²) in [6.45, 7) is 3.29. The molecule has 25 heavy (non-hydrogen) atoms. The molecule has 0 spiro atoms. The van der Waals surface area contributed by atoms with Crippen LogP contribution in [0.15, 0.2) is 65.6 Å². The lowest BCUT2D eigenvalue weighted by Gasteiger charge is -2.33. The predicted molar refractivity (Wildman–Crippen MR) is 102 cm³/mol. The minimum atomic E-state index is -3.44. The molecule has 132 valence electrons. The van der Waals surface area contributed by atoms with Crippen LogP contribution in [0.2, 0.25) is 5.02 Å². The Hall–Kier alpha value is -1.66. The van der Waals surface area contributed by atoms with Crippen molar-refractivity contribution in [3.05, 3.63) is 71.3 Å². The lowest BCUT2D eigenvalue weighted by molar-refractivity contribution is 0.204. The molecule has 0 aromatic heterocycles. The van der Waals surface area contributed by atoms with E-state index in [1.54, 1.807) is 28.6 Å². The summed E-state index contributed by atoms with van der Waals surface area (Å²) in [7, 11) is -3.44. The van der Waals surface area contributed by atoms with Crippen LogP contribution < -0.4 is 0 Å². The van der Waals surface area contributed by atoms with Crippen LogP contribution in [-0.2, 0) is 10.0 Å². The minimum absolute atomic E-state index is 0.300. The van der Waals surface area contributed by atoms with Crippen LogP contribution >= 0.6 is 11.6 Å². The maximum Gasteiger partial charge on any atom is 0.243 e. The van der Waals surface area contributed by atoms with Crippen molar-refractivity contribution in [3.8, 4) is 0 Å². The standard InChI is InChI=1S/C19H21ClN2O2S/c20-18-8-10-19(11-9-18)25(23,24)22-15-13-21(14-16-22)12-4-7-17-5-2-1-3-6-17/h1-11H,12-16H2/b7-4-. The molecular weight excluding hydrogens is 356 g/mol. The van der Waals surface area contributed by atoms with Crippen molar-refractivity contribution < 1.29 is 8.42 Å². The third kappa shape index (κ3) is 4.70. The van der Waals surface area contributed by atoms with Crippen LogP contribution in [0.5, 0.6) is 0 Å². The molecule has 1 heterocycles. The summed E-state index contributed by atoms with van der Waals surface area (Å²) in [6, 6.07) is 16.5. The van der Waals surface area contributed by atoms with E-state index in [-0.39, 0.29) is 0 Å². The average molecular weight is 377 g/mol. The Bertz CT molecular complexity index is 812. The monoisotopic (exact) mass is 376 g/mol. The Morgan fingerprint density at radius 1 is 0.920 bits per heavy atom. The van der Waals surface area contributed by atoms with Gasteiger partial charge in [-0.3, -0.25) is 4.90 Å². The van der Waals surface area contributed by atoms with Crippen LogP contribution in [0.1, 0.15) is 5.56 Å². The first-order valence-electron chi connectivity index (χ1n) is 8.25. The average Bonchev–Trinajstić information content (AvgIpc) is 2.63. The molecule has 0 aliphatic carbocycles. The third-order valence-electron chi connectivity index (χ3n) is 4.26. The number of halogens is 1. The van der Waals surface area contributed by atoms with Gasteiger partial charge in [0.25, 0.3) is 0 Å². The topological polar surface area (TPSA) is 40.6 Å². The van der Waals surface area contributed by atoms with Gasteiger partial charge in [-0.25, -0.2) is 8.42 Å². The molecule has 4 nitrogen and oxygen atoms in total. The van der Waals surface area contributed by atoms with Crippen molar-refractivity contribution in [1.82, 2.24) is 9.21 Å². The first-order valence-corrected chi connectivity index (χ1v) is 10.1. The second-order valence-electron chi connectivity index (χ2n) is 5.97. The van der Waals surface area contributed by atoms with Gasteiger partial charge in [0.1, 0.15) is 0 Å². The van der Waals surface area contributed by atoms with Gasteiger partial charge in [0, 0.05) is 37.7 Å². The Kier molecular flexibility index (Phi) is 5.91. The zero-order valence-electron chi connectivity index (χ0n) is 13.9. The van der Waals surface area contributed by atoms with Gasteiger partial charge in [-0.15, -0.1) is 0 Å². The van der Waals surface area contributed by atoms with Crippen molar-refractivity contribution in [2.45, 2.75) is 4.90 Å². The van der Waals surface area contributed by atoms with Crippen LogP contribution in [0, 0.1) is 0 Å². The number of sulfonamides is 1. The summed E-state index contributed by atoms with van der Waals surface area (Å²) in [5.41, 5.74) is 1.17. The molecule has 3 rings (SSSR count). The highest BCUT2D eigenvalue weighted by molar-refractivity contribution is 7.89. The Balaban J connectivity index is 1.54. The summed E-state index contributed by atoms with van der Waals surface area (Å²) < 4.78 is 26.9. The summed E-state index contributed by atoms with van der Waals surface area (Å²) in [6.07, 6.45) is 4.22. The molecular formula is C19H21ClN2O2S. The molecule has 0 amide bonds.